The summed E-state index contributed by atoms with van der Waals surface area (Å²) < 4.78 is 0. The van der Waals surface area contributed by atoms with Crippen molar-refractivity contribution < 1.29 is 0 Å². The lowest BCUT2D eigenvalue weighted by Crippen LogP contribution is -2.39. The van der Waals surface area contributed by atoms with E-state index in [2.05, 4.69) is 35.6 Å². The Kier molecular flexibility index (Phi) is 3.02. The first-order valence-electron chi connectivity index (χ1n) is 4.20. The average molecular weight is 165 g/mol. The van der Waals surface area contributed by atoms with Crippen LogP contribution >= 0.6 is 0 Å². The van der Waals surface area contributed by atoms with Gasteiger partial charge in [-0.2, -0.15) is 0 Å². The Balaban J connectivity index is 2.57. The molecule has 0 N–H and O–H groups in total. The van der Waals surface area contributed by atoms with Gasteiger partial charge in [-0.25, -0.2) is 0 Å². The molecule has 0 aromatic rings. The molecule has 1 aliphatic rings. The van der Waals surface area contributed by atoms with Gasteiger partial charge in [0.25, 0.3) is 0 Å². The lowest BCUT2D eigenvalue weighted by atomic mass is 9.76. The van der Waals surface area contributed by atoms with Crippen molar-refractivity contribution in [2.45, 2.75) is 0 Å². The first-order valence-corrected chi connectivity index (χ1v) is 4.20. The summed E-state index contributed by atoms with van der Waals surface area (Å²) in [5, 5.41) is 0. The van der Waals surface area contributed by atoms with Crippen molar-refractivity contribution in [2.75, 3.05) is 41.3 Å². The van der Waals surface area contributed by atoms with Gasteiger partial charge in [0, 0.05) is 27.2 Å². The van der Waals surface area contributed by atoms with Crippen molar-refractivity contribution in [1.82, 2.24) is 14.5 Å². The summed E-state index contributed by atoms with van der Waals surface area (Å²) in [7, 11) is 8.14. The summed E-state index contributed by atoms with van der Waals surface area (Å²) in [4.78, 5) is 6.41. The van der Waals surface area contributed by atoms with E-state index in [0.29, 0.717) is 6.98 Å². The molecule has 0 aliphatic carbocycles. The van der Waals surface area contributed by atoms with Crippen LogP contribution in [0.15, 0.2) is 0 Å². The second-order valence-corrected chi connectivity index (χ2v) is 3.49. The zero-order chi connectivity index (χ0) is 9.14. The fourth-order valence-electron chi connectivity index (χ4n) is 1.30. The Bertz CT molecular complexity index is 196. The summed E-state index contributed by atoms with van der Waals surface area (Å²) in [6.45, 7) is 2.53. The fraction of sp³-hybridized carbons (Fsp3) is 0.750. The molecule has 0 aromatic carbocycles. The fourth-order valence-corrected chi connectivity index (χ4v) is 1.30. The van der Waals surface area contributed by atoms with Gasteiger partial charge in [-0.3, -0.25) is 0 Å². The molecule has 0 radical (unpaired) electrons. The Morgan fingerprint density at radius 3 is 2.08 bits per heavy atom. The third kappa shape index (κ3) is 2.16. The van der Waals surface area contributed by atoms with E-state index >= 15 is 0 Å². The topological polar surface area (TPSA) is 9.72 Å². The largest absolute Gasteiger partial charge is 0.401 e. The van der Waals surface area contributed by atoms with Gasteiger partial charge in [0.2, 0.25) is 0 Å². The Hall–Kier alpha value is -0.655. The number of hydrogen-bond donors (Lipinski definition) is 0. The highest BCUT2D eigenvalue weighted by atomic mass is 15.3. The van der Waals surface area contributed by atoms with Gasteiger partial charge in [-0.1, -0.05) is 5.82 Å². The second-order valence-electron chi connectivity index (χ2n) is 3.49. The standard InChI is InChI=1S/C8H16BN3/c1-10(2)6-5-9-11(3)7-8-12(9)4/h7-8H2,1-4H3. The molecular formula is C8H16BN3. The normalized spacial score (nSPS) is 19.2. The molecule has 1 rings (SSSR count). The predicted octanol–water partition coefficient (Wildman–Crippen LogP) is -0.586. The third-order valence-corrected chi connectivity index (χ3v) is 2.06. The molecule has 1 saturated heterocycles. The molecule has 0 aromatic heterocycles. The molecule has 0 atom stereocenters. The van der Waals surface area contributed by atoms with Crippen LogP contribution in [0.2, 0.25) is 0 Å². The van der Waals surface area contributed by atoms with Gasteiger partial charge in [0.05, 0.1) is 0 Å². The Labute approximate surface area is 75.4 Å². The van der Waals surface area contributed by atoms with Crippen molar-refractivity contribution in [2.24, 2.45) is 0 Å². The van der Waals surface area contributed by atoms with Gasteiger partial charge in [0.1, 0.15) is 0 Å². The molecular weight excluding hydrogens is 149 g/mol. The molecule has 1 fully saturated rings. The third-order valence-electron chi connectivity index (χ3n) is 2.06. The van der Waals surface area contributed by atoms with Crippen LogP contribution < -0.4 is 0 Å². The zero-order valence-corrected chi connectivity index (χ0v) is 8.33. The van der Waals surface area contributed by atoms with Crippen LogP contribution in [0.4, 0.5) is 0 Å². The van der Waals surface area contributed by atoms with Crippen molar-refractivity contribution >= 4 is 6.98 Å². The van der Waals surface area contributed by atoms with E-state index in [0.717, 1.165) is 13.1 Å². The Morgan fingerprint density at radius 2 is 1.67 bits per heavy atom. The molecule has 66 valence electrons. The lowest BCUT2D eigenvalue weighted by molar-refractivity contribution is 0.553. The average Bonchev–Trinajstić information content (AvgIpc) is 2.28. The maximum absolute atomic E-state index is 3.21. The SMILES string of the molecule is CN(C)C#CB1N(C)CCN1C. The van der Waals surface area contributed by atoms with Crippen molar-refractivity contribution in [3.05, 3.63) is 0 Å². The molecule has 4 heteroatoms. The van der Waals surface area contributed by atoms with E-state index in [4.69, 9.17) is 0 Å². The van der Waals surface area contributed by atoms with Gasteiger partial charge in [0.15, 0.2) is 0 Å². The summed E-state index contributed by atoms with van der Waals surface area (Å²) in [6, 6.07) is 3.05. The molecule has 1 heterocycles. The molecule has 1 aliphatic heterocycles. The number of nitrogens with zero attached hydrogens (tertiary/aromatic N) is 3. The summed E-state index contributed by atoms with van der Waals surface area (Å²) in [6.07, 6.45) is 0. The van der Waals surface area contributed by atoms with E-state index in [1.165, 1.54) is 0 Å². The molecule has 0 unspecified atom stereocenters. The minimum atomic E-state index is 0.299. The van der Waals surface area contributed by atoms with Gasteiger partial charge in [-0.15, -0.1) is 0 Å². The molecule has 0 amide bonds. The minimum absolute atomic E-state index is 0.299. The highest BCUT2D eigenvalue weighted by Gasteiger charge is 2.29. The number of hydrogen-bond acceptors (Lipinski definition) is 3. The van der Waals surface area contributed by atoms with Crippen LogP contribution in [0.25, 0.3) is 0 Å². The van der Waals surface area contributed by atoms with E-state index in [9.17, 15) is 0 Å². The smallest absolute Gasteiger partial charge is 0.339 e. The van der Waals surface area contributed by atoms with Crippen LogP contribution in [0.1, 0.15) is 0 Å². The molecule has 0 saturated carbocycles. The van der Waals surface area contributed by atoms with Gasteiger partial charge in [-0.05, 0) is 20.1 Å². The molecule has 3 nitrogen and oxygen atoms in total. The monoisotopic (exact) mass is 165 g/mol. The lowest BCUT2D eigenvalue weighted by Gasteiger charge is -2.13. The van der Waals surface area contributed by atoms with Crippen LogP contribution in [0.5, 0.6) is 0 Å². The maximum Gasteiger partial charge on any atom is 0.401 e. The summed E-state index contributed by atoms with van der Waals surface area (Å²) >= 11 is 0. The Morgan fingerprint density at radius 1 is 1.17 bits per heavy atom. The van der Waals surface area contributed by atoms with Crippen LogP contribution in [0, 0.1) is 11.9 Å². The van der Waals surface area contributed by atoms with E-state index in [1.54, 1.807) is 0 Å². The minimum Gasteiger partial charge on any atom is -0.339 e. The molecule has 12 heavy (non-hydrogen) atoms. The summed E-state index contributed by atoms with van der Waals surface area (Å²) in [5.41, 5.74) is 0. The molecule has 0 spiro atoms. The van der Waals surface area contributed by atoms with Crippen molar-refractivity contribution in [3.8, 4) is 11.9 Å². The number of rotatable bonds is 0. The maximum atomic E-state index is 3.21. The zero-order valence-electron chi connectivity index (χ0n) is 8.33. The second kappa shape index (κ2) is 3.84. The highest BCUT2D eigenvalue weighted by Crippen LogP contribution is 2.03. The predicted molar refractivity (Wildman–Crippen MR) is 52.5 cm³/mol. The molecule has 0 bridgehead atoms. The van der Waals surface area contributed by atoms with Crippen LogP contribution in [-0.4, -0.2) is 62.8 Å². The quantitative estimate of drug-likeness (QED) is 0.270. The first-order chi connectivity index (χ1) is 5.61. The number of likely N-dealkylation sites (N-methyl/N-ethyl adjacent to an activating group) is 2. The van der Waals surface area contributed by atoms with Crippen LogP contribution in [0.3, 0.4) is 0 Å². The van der Waals surface area contributed by atoms with Crippen molar-refractivity contribution in [3.63, 3.8) is 0 Å². The van der Waals surface area contributed by atoms with Crippen LogP contribution in [-0.2, 0) is 0 Å². The van der Waals surface area contributed by atoms with E-state index in [-0.39, 0.29) is 0 Å². The van der Waals surface area contributed by atoms with E-state index < -0.39 is 0 Å². The highest BCUT2D eigenvalue weighted by molar-refractivity contribution is 6.62. The first kappa shape index (κ1) is 9.43. The van der Waals surface area contributed by atoms with Gasteiger partial charge >= 0.3 is 6.98 Å². The van der Waals surface area contributed by atoms with Crippen molar-refractivity contribution in [1.29, 1.82) is 0 Å². The summed E-state index contributed by atoms with van der Waals surface area (Å²) in [5.74, 6) is 3.21. The van der Waals surface area contributed by atoms with Gasteiger partial charge < -0.3 is 14.5 Å². The van der Waals surface area contributed by atoms with E-state index in [1.807, 2.05) is 19.0 Å².